The van der Waals surface area contributed by atoms with Gasteiger partial charge in [-0.15, -0.1) is 0 Å². The molecule has 34 heavy (non-hydrogen) atoms. The maximum absolute atomic E-state index is 13.3. The number of rotatable bonds is 7. The average molecular weight is 496 g/mol. The van der Waals surface area contributed by atoms with E-state index in [2.05, 4.69) is 10.6 Å². The molecular weight excluding hydrogens is 467 g/mol. The van der Waals surface area contributed by atoms with Crippen LogP contribution in [0.3, 0.4) is 0 Å². The molecule has 0 aliphatic carbocycles. The number of hydrogen-bond donors (Lipinski definition) is 2. The fourth-order valence-electron chi connectivity index (χ4n) is 3.75. The van der Waals surface area contributed by atoms with E-state index in [1.165, 1.54) is 6.07 Å². The van der Waals surface area contributed by atoms with E-state index >= 15 is 0 Å². The summed E-state index contributed by atoms with van der Waals surface area (Å²) in [6.45, 7) is 5.94. The van der Waals surface area contributed by atoms with Gasteiger partial charge in [-0.05, 0) is 75.7 Å². The van der Waals surface area contributed by atoms with Crippen molar-refractivity contribution in [3.05, 3.63) is 47.5 Å². The fraction of sp³-hybridized carbons (Fsp3) is 0.417. The van der Waals surface area contributed by atoms with Gasteiger partial charge in [-0.25, -0.2) is 0 Å². The summed E-state index contributed by atoms with van der Waals surface area (Å²) in [6.07, 6.45) is -1.50. The predicted octanol–water partition coefficient (Wildman–Crippen LogP) is 5.62. The summed E-state index contributed by atoms with van der Waals surface area (Å²) in [5, 5.41) is 5.23. The predicted molar refractivity (Wildman–Crippen MR) is 130 cm³/mol. The molecule has 1 saturated heterocycles. The first-order valence-corrected chi connectivity index (χ1v) is 11.6. The van der Waals surface area contributed by atoms with Crippen LogP contribution in [-0.4, -0.2) is 37.3 Å². The first-order valence-electron chi connectivity index (χ1n) is 11.2. The Hall–Kier alpha value is -3.01. The molecule has 1 aliphatic rings. The van der Waals surface area contributed by atoms with Gasteiger partial charge in [0.05, 0.1) is 30.2 Å². The molecular formula is C24H28F3N3O3S. The third kappa shape index (κ3) is 6.75. The average Bonchev–Trinajstić information content (AvgIpc) is 2.79. The van der Waals surface area contributed by atoms with Crippen LogP contribution in [0, 0.1) is 0 Å². The van der Waals surface area contributed by atoms with Crippen molar-refractivity contribution in [3.8, 4) is 11.5 Å². The topological polar surface area (TPSA) is 62.8 Å². The van der Waals surface area contributed by atoms with Gasteiger partial charge < -0.3 is 19.7 Å². The number of benzene rings is 2. The lowest BCUT2D eigenvalue weighted by Crippen LogP contribution is -2.35. The van der Waals surface area contributed by atoms with Crippen molar-refractivity contribution in [2.24, 2.45) is 0 Å². The standard InChI is InChI=1S/C24H28F3N3O3S/c1-3-32-18-12-16(13-19(15-18)33-4-2)22(31)29-23(34)28-20-14-17(24(25,26)27)8-9-21(20)30-10-6-5-7-11-30/h8-9,12-15H,3-7,10-11H2,1-2H3,(H2,28,29,31,34). The molecule has 184 valence electrons. The summed E-state index contributed by atoms with van der Waals surface area (Å²) >= 11 is 5.27. The summed E-state index contributed by atoms with van der Waals surface area (Å²) in [5.74, 6) is 0.386. The van der Waals surface area contributed by atoms with E-state index in [0.717, 1.165) is 44.5 Å². The van der Waals surface area contributed by atoms with E-state index in [1.807, 2.05) is 18.7 Å². The second-order valence-electron chi connectivity index (χ2n) is 7.74. The Kier molecular flexibility index (Phi) is 8.60. The molecule has 0 aromatic heterocycles. The van der Waals surface area contributed by atoms with Crippen LogP contribution >= 0.6 is 12.2 Å². The number of anilines is 2. The number of thiocarbonyl (C=S) groups is 1. The normalized spacial score (nSPS) is 13.9. The molecule has 2 aromatic rings. The van der Waals surface area contributed by atoms with Crippen molar-refractivity contribution in [3.63, 3.8) is 0 Å². The van der Waals surface area contributed by atoms with Crippen LogP contribution < -0.4 is 25.0 Å². The molecule has 2 N–H and O–H groups in total. The largest absolute Gasteiger partial charge is 0.494 e. The SMILES string of the molecule is CCOc1cc(OCC)cc(C(=O)NC(=S)Nc2cc(C(F)(F)F)ccc2N2CCCCC2)c1. The minimum atomic E-state index is -4.50. The van der Waals surface area contributed by atoms with Crippen LogP contribution in [-0.2, 0) is 6.18 Å². The molecule has 2 aromatic carbocycles. The van der Waals surface area contributed by atoms with Crippen molar-refractivity contribution in [2.75, 3.05) is 36.5 Å². The summed E-state index contributed by atoms with van der Waals surface area (Å²) in [4.78, 5) is 14.9. The first-order chi connectivity index (χ1) is 16.2. The number of alkyl halides is 3. The van der Waals surface area contributed by atoms with E-state index in [0.29, 0.717) is 30.4 Å². The van der Waals surface area contributed by atoms with Crippen LogP contribution in [0.5, 0.6) is 11.5 Å². The summed E-state index contributed by atoms with van der Waals surface area (Å²) in [6, 6.07) is 8.30. The molecule has 0 spiro atoms. The van der Waals surface area contributed by atoms with Gasteiger partial charge in [0.15, 0.2) is 5.11 Å². The quantitative estimate of drug-likeness (QED) is 0.486. The molecule has 1 aliphatic heterocycles. The van der Waals surface area contributed by atoms with E-state index < -0.39 is 17.6 Å². The zero-order valence-electron chi connectivity index (χ0n) is 19.1. The van der Waals surface area contributed by atoms with Gasteiger partial charge in [0.2, 0.25) is 0 Å². The summed E-state index contributed by atoms with van der Waals surface area (Å²) in [5.41, 5.74) is 0.260. The molecule has 0 atom stereocenters. The summed E-state index contributed by atoms with van der Waals surface area (Å²) < 4.78 is 51.0. The minimum absolute atomic E-state index is 0.109. The Morgan fingerprint density at radius 1 is 1.00 bits per heavy atom. The van der Waals surface area contributed by atoms with E-state index in [9.17, 15) is 18.0 Å². The van der Waals surface area contributed by atoms with Crippen molar-refractivity contribution in [2.45, 2.75) is 39.3 Å². The van der Waals surface area contributed by atoms with Crippen molar-refractivity contribution < 1.29 is 27.4 Å². The molecule has 0 unspecified atom stereocenters. The molecule has 0 radical (unpaired) electrons. The van der Waals surface area contributed by atoms with Gasteiger partial charge in [-0.3, -0.25) is 10.1 Å². The third-order valence-electron chi connectivity index (χ3n) is 5.26. The van der Waals surface area contributed by atoms with Gasteiger partial charge in [0.25, 0.3) is 5.91 Å². The molecule has 6 nitrogen and oxygen atoms in total. The summed E-state index contributed by atoms with van der Waals surface area (Å²) in [7, 11) is 0. The van der Waals surface area contributed by atoms with Crippen molar-refractivity contribution in [1.29, 1.82) is 0 Å². The van der Waals surface area contributed by atoms with E-state index in [1.54, 1.807) is 18.2 Å². The lowest BCUT2D eigenvalue weighted by atomic mass is 10.1. The third-order valence-corrected chi connectivity index (χ3v) is 5.46. The van der Waals surface area contributed by atoms with E-state index in [4.69, 9.17) is 21.7 Å². The smallest absolute Gasteiger partial charge is 0.416 e. The van der Waals surface area contributed by atoms with Gasteiger partial charge in [-0.2, -0.15) is 13.2 Å². The number of carbonyl (C=O) groups excluding carboxylic acids is 1. The number of nitrogens with zero attached hydrogens (tertiary/aromatic N) is 1. The van der Waals surface area contributed by atoms with Crippen LogP contribution in [0.2, 0.25) is 0 Å². The first kappa shape index (κ1) is 25.6. The van der Waals surface area contributed by atoms with Gasteiger partial charge >= 0.3 is 6.18 Å². The van der Waals surface area contributed by atoms with Crippen LogP contribution in [0.15, 0.2) is 36.4 Å². The molecule has 1 amide bonds. The Bertz CT molecular complexity index is 1000. The van der Waals surface area contributed by atoms with Gasteiger partial charge in [-0.1, -0.05) is 0 Å². The molecule has 1 fully saturated rings. The Morgan fingerprint density at radius 3 is 2.18 bits per heavy atom. The number of amides is 1. The van der Waals surface area contributed by atoms with Crippen LogP contribution in [0.1, 0.15) is 49.0 Å². The Morgan fingerprint density at radius 2 is 1.62 bits per heavy atom. The van der Waals surface area contributed by atoms with E-state index in [-0.39, 0.29) is 16.4 Å². The number of carbonyl (C=O) groups is 1. The molecule has 10 heteroatoms. The molecule has 0 bridgehead atoms. The Labute approximate surface area is 202 Å². The second-order valence-corrected chi connectivity index (χ2v) is 8.15. The van der Waals surface area contributed by atoms with Crippen LogP contribution in [0.25, 0.3) is 0 Å². The zero-order valence-corrected chi connectivity index (χ0v) is 19.9. The molecule has 3 rings (SSSR count). The number of piperidine rings is 1. The molecule has 1 heterocycles. The second kappa shape index (κ2) is 11.4. The lowest BCUT2D eigenvalue weighted by molar-refractivity contribution is -0.137. The lowest BCUT2D eigenvalue weighted by Gasteiger charge is -2.31. The highest BCUT2D eigenvalue weighted by atomic mass is 32.1. The highest BCUT2D eigenvalue weighted by Gasteiger charge is 2.31. The maximum atomic E-state index is 13.3. The highest BCUT2D eigenvalue weighted by molar-refractivity contribution is 7.80. The van der Waals surface area contributed by atoms with Gasteiger partial charge in [0.1, 0.15) is 11.5 Å². The van der Waals surface area contributed by atoms with Crippen LogP contribution in [0.4, 0.5) is 24.5 Å². The number of ether oxygens (including phenoxy) is 2. The molecule has 0 saturated carbocycles. The monoisotopic (exact) mass is 495 g/mol. The number of halogens is 3. The highest BCUT2D eigenvalue weighted by Crippen LogP contribution is 2.36. The minimum Gasteiger partial charge on any atom is -0.494 e. The fourth-order valence-corrected chi connectivity index (χ4v) is 3.96. The maximum Gasteiger partial charge on any atom is 0.416 e. The zero-order chi connectivity index (χ0) is 24.7. The number of hydrogen-bond acceptors (Lipinski definition) is 5. The number of nitrogens with one attached hydrogen (secondary N) is 2. The Balaban J connectivity index is 1.81. The van der Waals surface area contributed by atoms with Crippen molar-refractivity contribution in [1.82, 2.24) is 5.32 Å². The van der Waals surface area contributed by atoms with Crippen molar-refractivity contribution >= 4 is 34.6 Å². The van der Waals surface area contributed by atoms with Gasteiger partial charge in [0, 0.05) is 24.7 Å².